The first-order chi connectivity index (χ1) is 23.1. The summed E-state index contributed by atoms with van der Waals surface area (Å²) < 4.78 is 0. The van der Waals surface area contributed by atoms with Crippen LogP contribution in [0.4, 0.5) is 0 Å². The smallest absolute Gasteiger partial charge is 0.0159 e. The Labute approximate surface area is 273 Å². The summed E-state index contributed by atoms with van der Waals surface area (Å²) in [4.78, 5) is 0. The van der Waals surface area contributed by atoms with Crippen LogP contribution in [0.1, 0.15) is 25.0 Å². The van der Waals surface area contributed by atoms with Crippen LogP contribution in [0.25, 0.3) is 98.4 Å². The van der Waals surface area contributed by atoms with Gasteiger partial charge in [0.1, 0.15) is 0 Å². The number of rotatable bonds is 1. The minimum atomic E-state index is -0.124. The Morgan fingerprint density at radius 3 is 1.66 bits per heavy atom. The van der Waals surface area contributed by atoms with Crippen LogP contribution in [0.15, 0.2) is 146 Å². The second-order valence-electron chi connectivity index (χ2n) is 14.0. The van der Waals surface area contributed by atoms with Crippen LogP contribution in [-0.2, 0) is 5.41 Å². The van der Waals surface area contributed by atoms with Crippen LogP contribution in [-0.4, -0.2) is 0 Å². The summed E-state index contributed by atoms with van der Waals surface area (Å²) in [7, 11) is 0. The zero-order valence-corrected chi connectivity index (χ0v) is 26.4. The normalized spacial score (nSPS) is 13.9. The Kier molecular flexibility index (Phi) is 4.74. The standard InChI is InChI=1S/C47H30/c1-47(2)42-23-22-27-12-3-4-13-28(27)45(42)46-35-19-10-9-18-33(35)40(26-43(46)47)37-24-39-36-21-11-20-34-29-14-5-8-17-32(29)41(44(34)36)25-38(39)31-16-7-6-15-30(31)37/h3-26H,1-2H3. The van der Waals surface area contributed by atoms with E-state index in [1.165, 1.54) is 109 Å². The highest BCUT2D eigenvalue weighted by atomic mass is 14.4. The predicted molar refractivity (Wildman–Crippen MR) is 201 cm³/mol. The van der Waals surface area contributed by atoms with E-state index < -0.39 is 0 Å². The third-order valence-electron chi connectivity index (χ3n) is 11.4. The predicted octanol–water partition coefficient (Wildman–Crippen LogP) is 13.1. The average molecular weight is 595 g/mol. The van der Waals surface area contributed by atoms with Gasteiger partial charge in [-0.2, -0.15) is 0 Å². The summed E-state index contributed by atoms with van der Waals surface area (Å²) in [6, 6.07) is 55.0. The van der Waals surface area contributed by atoms with Crippen molar-refractivity contribution < 1.29 is 0 Å². The maximum Gasteiger partial charge on any atom is 0.0159 e. The van der Waals surface area contributed by atoms with Crippen LogP contribution < -0.4 is 0 Å². The van der Waals surface area contributed by atoms with Gasteiger partial charge < -0.3 is 0 Å². The largest absolute Gasteiger partial charge is 0.0616 e. The van der Waals surface area contributed by atoms with Gasteiger partial charge in [0.05, 0.1) is 0 Å². The van der Waals surface area contributed by atoms with Crippen molar-refractivity contribution in [3.63, 3.8) is 0 Å². The highest BCUT2D eigenvalue weighted by Gasteiger charge is 2.38. The second kappa shape index (κ2) is 8.75. The van der Waals surface area contributed by atoms with Crippen molar-refractivity contribution in [1.82, 2.24) is 0 Å². The van der Waals surface area contributed by atoms with E-state index >= 15 is 0 Å². The molecule has 0 heteroatoms. The van der Waals surface area contributed by atoms with E-state index in [2.05, 4.69) is 159 Å². The van der Waals surface area contributed by atoms with Crippen molar-refractivity contribution in [2.45, 2.75) is 19.3 Å². The minimum Gasteiger partial charge on any atom is -0.0616 e. The van der Waals surface area contributed by atoms with Gasteiger partial charge in [-0.3, -0.25) is 0 Å². The first kappa shape index (κ1) is 25.5. The molecule has 0 aliphatic heterocycles. The SMILES string of the molecule is CC1(C)c2ccc3ccccc3c2-c2c1cc(-c1cc3c4cccc5c4c(cc3c3ccccc13)-c1ccccc1-5)c1ccccc21. The average Bonchev–Trinajstić information content (AvgIpc) is 3.57. The van der Waals surface area contributed by atoms with Gasteiger partial charge in [0.15, 0.2) is 0 Å². The lowest BCUT2D eigenvalue weighted by molar-refractivity contribution is 0.661. The van der Waals surface area contributed by atoms with Crippen molar-refractivity contribution in [3.8, 4) is 44.5 Å². The Balaban J connectivity index is 1.29. The van der Waals surface area contributed by atoms with E-state index in [9.17, 15) is 0 Å². The maximum atomic E-state index is 2.54. The lowest BCUT2D eigenvalue weighted by Crippen LogP contribution is -2.15. The summed E-state index contributed by atoms with van der Waals surface area (Å²) in [6.45, 7) is 4.82. The molecule has 0 heterocycles. The molecule has 9 aromatic rings. The third-order valence-corrected chi connectivity index (χ3v) is 11.4. The van der Waals surface area contributed by atoms with Crippen LogP contribution in [0.3, 0.4) is 0 Å². The first-order valence-corrected chi connectivity index (χ1v) is 16.7. The molecule has 0 fully saturated rings. The highest BCUT2D eigenvalue weighted by Crippen LogP contribution is 2.56. The third kappa shape index (κ3) is 3.13. The topological polar surface area (TPSA) is 0 Å². The van der Waals surface area contributed by atoms with Gasteiger partial charge in [0.2, 0.25) is 0 Å². The molecule has 9 aromatic carbocycles. The summed E-state index contributed by atoms with van der Waals surface area (Å²) in [5.41, 5.74) is 13.5. The lowest BCUT2D eigenvalue weighted by atomic mass is 9.79. The molecule has 47 heavy (non-hydrogen) atoms. The number of hydrogen-bond donors (Lipinski definition) is 0. The van der Waals surface area contributed by atoms with E-state index in [1.54, 1.807) is 0 Å². The van der Waals surface area contributed by atoms with E-state index in [4.69, 9.17) is 0 Å². The monoisotopic (exact) mass is 594 g/mol. The van der Waals surface area contributed by atoms with Crippen LogP contribution in [0.5, 0.6) is 0 Å². The molecule has 0 radical (unpaired) electrons. The van der Waals surface area contributed by atoms with Gasteiger partial charge in [-0.05, 0) is 128 Å². The second-order valence-corrected chi connectivity index (χ2v) is 14.0. The molecule has 11 rings (SSSR count). The minimum absolute atomic E-state index is 0.124. The molecule has 218 valence electrons. The molecule has 0 unspecified atom stereocenters. The Morgan fingerprint density at radius 2 is 0.851 bits per heavy atom. The van der Waals surface area contributed by atoms with Crippen LogP contribution in [0, 0.1) is 0 Å². The van der Waals surface area contributed by atoms with Crippen molar-refractivity contribution in [1.29, 1.82) is 0 Å². The van der Waals surface area contributed by atoms with E-state index in [-0.39, 0.29) is 5.41 Å². The first-order valence-electron chi connectivity index (χ1n) is 16.7. The fourth-order valence-corrected chi connectivity index (χ4v) is 9.24. The van der Waals surface area contributed by atoms with Crippen LogP contribution in [0.2, 0.25) is 0 Å². The van der Waals surface area contributed by atoms with E-state index in [0.29, 0.717) is 0 Å². The highest BCUT2D eigenvalue weighted by molar-refractivity contribution is 6.29. The molecule has 0 saturated carbocycles. The van der Waals surface area contributed by atoms with Crippen molar-refractivity contribution in [2.75, 3.05) is 0 Å². The summed E-state index contributed by atoms with van der Waals surface area (Å²) in [5.74, 6) is 0. The van der Waals surface area contributed by atoms with E-state index in [1.807, 2.05) is 0 Å². The zero-order chi connectivity index (χ0) is 31.0. The molecule has 0 N–H and O–H groups in total. The van der Waals surface area contributed by atoms with E-state index in [0.717, 1.165) is 0 Å². The molecule has 0 spiro atoms. The zero-order valence-electron chi connectivity index (χ0n) is 26.4. The fourth-order valence-electron chi connectivity index (χ4n) is 9.24. The molecular weight excluding hydrogens is 565 g/mol. The van der Waals surface area contributed by atoms with Gasteiger partial charge in [0.25, 0.3) is 0 Å². The van der Waals surface area contributed by atoms with Gasteiger partial charge in [-0.15, -0.1) is 0 Å². The number of benzene rings is 9. The molecule has 0 bridgehead atoms. The lowest BCUT2D eigenvalue weighted by Gasteiger charge is -2.23. The molecular formula is C47H30. The molecule has 0 saturated heterocycles. The summed E-state index contributed by atoms with van der Waals surface area (Å²) in [6.07, 6.45) is 0. The Morgan fingerprint density at radius 1 is 0.319 bits per heavy atom. The van der Waals surface area contributed by atoms with Gasteiger partial charge in [-0.25, -0.2) is 0 Å². The number of fused-ring (bicyclic) bond motifs is 14. The van der Waals surface area contributed by atoms with Gasteiger partial charge in [-0.1, -0.05) is 141 Å². The summed E-state index contributed by atoms with van der Waals surface area (Å²) >= 11 is 0. The fraction of sp³-hybridized carbons (Fsp3) is 0.0638. The van der Waals surface area contributed by atoms with Crippen LogP contribution >= 0.6 is 0 Å². The van der Waals surface area contributed by atoms with Crippen molar-refractivity contribution in [2.24, 2.45) is 0 Å². The van der Waals surface area contributed by atoms with Crippen molar-refractivity contribution in [3.05, 3.63) is 157 Å². The Hall–Kier alpha value is -5.72. The molecule has 2 aliphatic rings. The maximum absolute atomic E-state index is 2.54. The quantitative estimate of drug-likeness (QED) is 0.166. The molecule has 2 aliphatic carbocycles. The van der Waals surface area contributed by atoms with Gasteiger partial charge >= 0.3 is 0 Å². The molecule has 0 amide bonds. The van der Waals surface area contributed by atoms with Crippen molar-refractivity contribution >= 4 is 53.9 Å². The molecule has 0 nitrogen and oxygen atoms in total. The van der Waals surface area contributed by atoms with Gasteiger partial charge in [0, 0.05) is 5.41 Å². The molecule has 0 aromatic heterocycles. The Bertz CT molecular complexity index is 2860. The summed E-state index contributed by atoms with van der Waals surface area (Å²) in [5, 5.41) is 13.3. The molecule has 0 atom stereocenters. The number of hydrogen-bond acceptors (Lipinski definition) is 0.